The molecule has 1 N–H and O–H groups in total. The fourth-order valence-electron chi connectivity index (χ4n) is 3.97. The number of nitrogens with zero attached hydrogens (tertiary/aromatic N) is 2. The predicted octanol–water partition coefficient (Wildman–Crippen LogP) is 4.11. The van der Waals surface area contributed by atoms with E-state index < -0.39 is 15.3 Å². The van der Waals surface area contributed by atoms with Crippen molar-refractivity contribution in [3.63, 3.8) is 0 Å². The van der Waals surface area contributed by atoms with Gasteiger partial charge >= 0.3 is 0 Å². The molecule has 4 rings (SSSR count). The minimum Gasteiger partial charge on any atom is -0.497 e. The molecule has 1 atom stereocenters. The number of methoxy groups -OCH3 is 1. The number of ether oxygens (including phenoxy) is 1. The van der Waals surface area contributed by atoms with Crippen LogP contribution >= 0.6 is 23.1 Å². The van der Waals surface area contributed by atoms with Crippen LogP contribution in [0.4, 0.5) is 5.69 Å². The van der Waals surface area contributed by atoms with Crippen LogP contribution in [0.15, 0.2) is 50.4 Å². The van der Waals surface area contributed by atoms with E-state index in [9.17, 15) is 18.0 Å². The summed E-state index contributed by atoms with van der Waals surface area (Å²) in [4.78, 5) is 27.5. The van der Waals surface area contributed by atoms with Gasteiger partial charge in [-0.25, -0.2) is 0 Å². The predicted molar refractivity (Wildman–Crippen MR) is 130 cm³/mol. The molecule has 2 fully saturated rings. The van der Waals surface area contributed by atoms with Crippen LogP contribution in [-0.2, 0) is 19.6 Å². The standard InChI is InChI=1S/C22H25N3O5S3/c1-30-17-11-9-15(10-12-17)23-19(26)14-18-21(27)25(16-6-3-2-4-7-16)22(32-18)24-33(28,29)20-8-5-13-31-20/h5,8-13,16,18H,2-4,6-7,14H2,1H3,(H,23,26). The van der Waals surface area contributed by atoms with Crippen molar-refractivity contribution in [1.82, 2.24) is 4.90 Å². The van der Waals surface area contributed by atoms with Crippen molar-refractivity contribution in [3.05, 3.63) is 41.8 Å². The summed E-state index contributed by atoms with van der Waals surface area (Å²) in [7, 11) is -2.36. The third kappa shape index (κ3) is 5.59. The average Bonchev–Trinajstić information content (AvgIpc) is 3.44. The lowest BCUT2D eigenvalue weighted by atomic mass is 9.94. The first-order valence-corrected chi connectivity index (χ1v) is 13.9. The van der Waals surface area contributed by atoms with Crippen LogP contribution in [0.1, 0.15) is 38.5 Å². The smallest absolute Gasteiger partial charge is 0.294 e. The summed E-state index contributed by atoms with van der Waals surface area (Å²) in [5.74, 6) is 0.0966. The highest BCUT2D eigenvalue weighted by atomic mass is 32.2. The van der Waals surface area contributed by atoms with Crippen LogP contribution in [0.25, 0.3) is 0 Å². The van der Waals surface area contributed by atoms with Crippen molar-refractivity contribution in [2.75, 3.05) is 12.4 Å². The topological polar surface area (TPSA) is 105 Å². The van der Waals surface area contributed by atoms with Crippen molar-refractivity contribution in [2.24, 2.45) is 4.40 Å². The quantitative estimate of drug-likeness (QED) is 0.605. The first-order chi connectivity index (χ1) is 15.9. The summed E-state index contributed by atoms with van der Waals surface area (Å²) in [5.41, 5.74) is 0.592. The van der Waals surface area contributed by atoms with Crippen LogP contribution in [-0.4, -0.2) is 48.7 Å². The summed E-state index contributed by atoms with van der Waals surface area (Å²) in [6, 6.07) is 9.95. The number of amides is 2. The summed E-state index contributed by atoms with van der Waals surface area (Å²) >= 11 is 2.15. The fraction of sp³-hybridized carbons (Fsp3) is 0.409. The highest BCUT2D eigenvalue weighted by Crippen LogP contribution is 2.36. The van der Waals surface area contributed by atoms with Crippen molar-refractivity contribution in [2.45, 2.75) is 54.0 Å². The van der Waals surface area contributed by atoms with Gasteiger partial charge in [0.25, 0.3) is 10.0 Å². The van der Waals surface area contributed by atoms with Crippen molar-refractivity contribution < 1.29 is 22.7 Å². The summed E-state index contributed by atoms with van der Waals surface area (Å²) in [6.45, 7) is 0. The lowest BCUT2D eigenvalue weighted by molar-refractivity contribution is -0.130. The van der Waals surface area contributed by atoms with E-state index in [4.69, 9.17) is 4.74 Å². The van der Waals surface area contributed by atoms with Crippen LogP contribution in [0, 0.1) is 0 Å². The molecule has 2 aliphatic rings. The molecule has 176 valence electrons. The zero-order valence-corrected chi connectivity index (χ0v) is 20.5. The second kappa shape index (κ2) is 10.3. The Kier molecular flexibility index (Phi) is 7.40. The average molecular weight is 508 g/mol. The molecule has 1 aromatic carbocycles. The normalized spacial score (nSPS) is 20.9. The molecule has 1 aromatic heterocycles. The van der Waals surface area contributed by atoms with Crippen molar-refractivity contribution in [1.29, 1.82) is 0 Å². The molecule has 11 heteroatoms. The van der Waals surface area contributed by atoms with Crippen LogP contribution in [0.3, 0.4) is 0 Å². The number of thioether (sulfide) groups is 1. The first-order valence-electron chi connectivity index (χ1n) is 10.7. The lowest BCUT2D eigenvalue weighted by Crippen LogP contribution is -2.42. The van der Waals surface area contributed by atoms with Crippen LogP contribution in [0.2, 0.25) is 0 Å². The second-order valence-electron chi connectivity index (χ2n) is 7.87. The van der Waals surface area contributed by atoms with E-state index in [1.807, 2.05) is 0 Å². The molecular weight excluding hydrogens is 482 g/mol. The van der Waals surface area contributed by atoms with E-state index in [0.717, 1.165) is 55.2 Å². The monoisotopic (exact) mass is 507 g/mol. The van der Waals surface area contributed by atoms with Crippen molar-refractivity contribution >= 4 is 55.8 Å². The van der Waals surface area contributed by atoms with Crippen molar-refractivity contribution in [3.8, 4) is 5.75 Å². The number of amidine groups is 1. The highest BCUT2D eigenvalue weighted by Gasteiger charge is 2.43. The van der Waals surface area contributed by atoms with E-state index in [2.05, 4.69) is 9.71 Å². The van der Waals surface area contributed by atoms with Gasteiger partial charge in [-0.15, -0.1) is 15.7 Å². The van der Waals surface area contributed by atoms with E-state index in [-0.39, 0.29) is 33.7 Å². The Hall–Kier alpha value is -2.37. The van der Waals surface area contributed by atoms with Gasteiger partial charge in [0.1, 0.15) is 15.2 Å². The Morgan fingerprint density at radius 1 is 1.18 bits per heavy atom. The van der Waals surface area contributed by atoms with Gasteiger partial charge in [0.05, 0.1) is 7.11 Å². The Balaban J connectivity index is 1.53. The lowest BCUT2D eigenvalue weighted by Gasteiger charge is -2.30. The summed E-state index contributed by atoms with van der Waals surface area (Å²) in [5, 5.41) is 3.91. The van der Waals surface area contributed by atoms with E-state index >= 15 is 0 Å². The van der Waals surface area contributed by atoms with Gasteiger partial charge in [-0.1, -0.05) is 37.1 Å². The van der Waals surface area contributed by atoms with Gasteiger partial charge in [0, 0.05) is 18.2 Å². The molecule has 0 radical (unpaired) electrons. The molecule has 1 saturated carbocycles. The van der Waals surface area contributed by atoms with Crippen LogP contribution in [0.5, 0.6) is 5.75 Å². The van der Waals surface area contributed by atoms with E-state index in [0.29, 0.717) is 11.4 Å². The molecule has 8 nitrogen and oxygen atoms in total. The Bertz CT molecular complexity index is 1120. The second-order valence-corrected chi connectivity index (χ2v) is 11.8. The molecular formula is C22H25N3O5S3. The van der Waals surface area contributed by atoms with Gasteiger partial charge in [-0.2, -0.15) is 8.42 Å². The molecule has 0 bridgehead atoms. The molecule has 2 aromatic rings. The Morgan fingerprint density at radius 2 is 1.91 bits per heavy atom. The number of rotatable bonds is 7. The summed E-state index contributed by atoms with van der Waals surface area (Å²) in [6.07, 6.45) is 4.58. The van der Waals surface area contributed by atoms with Gasteiger partial charge in [0.2, 0.25) is 11.8 Å². The SMILES string of the molecule is COc1ccc(NC(=O)CC2SC(=NS(=O)(=O)c3cccs3)N(C3CCCCC3)C2=O)cc1. The van der Waals surface area contributed by atoms with E-state index in [1.54, 1.807) is 42.8 Å². The third-order valence-corrected chi connectivity index (χ3v) is 9.51. The molecule has 1 aliphatic heterocycles. The maximum absolute atomic E-state index is 13.3. The van der Waals surface area contributed by atoms with Gasteiger partial charge in [-0.3, -0.25) is 14.5 Å². The fourth-order valence-corrected chi connectivity index (χ4v) is 7.34. The molecule has 1 aliphatic carbocycles. The molecule has 33 heavy (non-hydrogen) atoms. The number of benzene rings is 1. The Labute approximate surface area is 201 Å². The summed E-state index contributed by atoms with van der Waals surface area (Å²) < 4.78 is 34.9. The number of sulfonamides is 1. The van der Waals surface area contributed by atoms with Crippen LogP contribution < -0.4 is 10.1 Å². The minimum absolute atomic E-state index is 0.0726. The first kappa shape index (κ1) is 23.8. The Morgan fingerprint density at radius 3 is 2.55 bits per heavy atom. The van der Waals surface area contributed by atoms with Gasteiger partial charge < -0.3 is 10.1 Å². The minimum atomic E-state index is -3.92. The maximum Gasteiger partial charge on any atom is 0.294 e. The molecule has 0 spiro atoms. The number of anilines is 1. The maximum atomic E-state index is 13.3. The molecule has 2 heterocycles. The number of nitrogens with one attached hydrogen (secondary N) is 1. The van der Waals surface area contributed by atoms with E-state index in [1.165, 1.54) is 11.0 Å². The number of hydrogen-bond acceptors (Lipinski definition) is 7. The largest absolute Gasteiger partial charge is 0.497 e. The van der Waals surface area contributed by atoms with Gasteiger partial charge in [0.15, 0.2) is 5.17 Å². The molecule has 2 amide bonds. The number of thiophene rings is 1. The zero-order valence-electron chi connectivity index (χ0n) is 18.1. The number of carbonyl (C=O) groups is 2. The van der Waals surface area contributed by atoms with Gasteiger partial charge in [-0.05, 0) is 48.6 Å². The third-order valence-electron chi connectivity index (χ3n) is 5.60. The zero-order chi connectivity index (χ0) is 23.4. The molecule has 1 unspecified atom stereocenters. The highest BCUT2D eigenvalue weighted by molar-refractivity contribution is 8.16. The number of hydrogen-bond donors (Lipinski definition) is 1. The molecule has 1 saturated heterocycles. The number of carbonyl (C=O) groups excluding carboxylic acids is 2.